The van der Waals surface area contributed by atoms with Gasteiger partial charge in [0.2, 0.25) is 0 Å². The third-order valence-electron chi connectivity index (χ3n) is 4.35. The third-order valence-corrected chi connectivity index (χ3v) is 4.35. The Bertz CT molecular complexity index is 432. The van der Waals surface area contributed by atoms with Gasteiger partial charge in [0.1, 0.15) is 5.82 Å². The van der Waals surface area contributed by atoms with Crippen molar-refractivity contribution in [1.29, 1.82) is 0 Å². The van der Waals surface area contributed by atoms with Crippen LogP contribution in [0.3, 0.4) is 0 Å². The van der Waals surface area contributed by atoms with Crippen LogP contribution in [0.5, 0.6) is 0 Å². The second kappa shape index (κ2) is 8.58. The molecule has 4 nitrogen and oxygen atoms in total. The molecule has 1 aliphatic rings. The highest BCUT2D eigenvalue weighted by Gasteiger charge is 2.14. The Balaban J connectivity index is 1.65. The number of halogens is 1. The molecule has 22 heavy (non-hydrogen) atoms. The Labute approximate surface area is 133 Å². The van der Waals surface area contributed by atoms with Gasteiger partial charge < -0.3 is 19.8 Å². The minimum Gasteiger partial charge on any atom is -0.387 e. The number of aliphatic hydroxyl groups excluding tert-OH is 1. The molecule has 0 radical (unpaired) electrons. The zero-order valence-electron chi connectivity index (χ0n) is 13.7. The van der Waals surface area contributed by atoms with E-state index in [1.807, 2.05) is 7.05 Å². The van der Waals surface area contributed by atoms with Crippen LogP contribution in [0.15, 0.2) is 24.3 Å². The summed E-state index contributed by atoms with van der Waals surface area (Å²) < 4.78 is 12.9. The van der Waals surface area contributed by atoms with Gasteiger partial charge in [-0.05, 0) is 51.3 Å². The maximum atomic E-state index is 12.9. The molecule has 0 saturated carbocycles. The van der Waals surface area contributed by atoms with Gasteiger partial charge in [-0.3, -0.25) is 0 Å². The molecule has 0 aliphatic carbocycles. The molecule has 2 rings (SSSR count). The molecule has 1 saturated heterocycles. The first-order chi connectivity index (χ1) is 10.5. The number of hydrogen-bond acceptors (Lipinski definition) is 4. The molecule has 124 valence electrons. The van der Waals surface area contributed by atoms with Crippen molar-refractivity contribution in [3.63, 3.8) is 0 Å². The zero-order chi connectivity index (χ0) is 15.9. The highest BCUT2D eigenvalue weighted by atomic mass is 19.1. The van der Waals surface area contributed by atoms with E-state index in [0.717, 1.165) is 51.3 Å². The van der Waals surface area contributed by atoms with Gasteiger partial charge in [-0.2, -0.15) is 0 Å². The molecule has 1 atom stereocenters. The normalized spacial score (nSPS) is 18.8. The quantitative estimate of drug-likeness (QED) is 0.825. The smallest absolute Gasteiger partial charge is 0.123 e. The summed E-state index contributed by atoms with van der Waals surface area (Å²) in [5.74, 6) is -0.267. The average Bonchev–Trinajstić information content (AvgIpc) is 2.50. The molecule has 1 aliphatic heterocycles. The van der Waals surface area contributed by atoms with Crippen molar-refractivity contribution in [2.45, 2.75) is 12.5 Å². The fourth-order valence-corrected chi connectivity index (χ4v) is 2.81. The minimum atomic E-state index is -0.561. The Morgan fingerprint density at radius 1 is 1.18 bits per heavy atom. The van der Waals surface area contributed by atoms with E-state index >= 15 is 0 Å². The Hall–Kier alpha value is -1.01. The zero-order valence-corrected chi connectivity index (χ0v) is 13.7. The van der Waals surface area contributed by atoms with Crippen molar-refractivity contribution in [2.75, 3.05) is 59.9 Å². The molecule has 1 N–H and O–H groups in total. The molecular weight excluding hydrogens is 281 g/mol. The standard InChI is InChI=1S/C17H28FN3O/c1-19-10-12-21(13-11-19)9-3-8-20(2)14-17(22)15-4-6-16(18)7-5-15/h4-7,17,22H,3,8-14H2,1-2H3. The van der Waals surface area contributed by atoms with E-state index in [4.69, 9.17) is 0 Å². The molecule has 1 aromatic carbocycles. The van der Waals surface area contributed by atoms with Gasteiger partial charge >= 0.3 is 0 Å². The van der Waals surface area contributed by atoms with Crippen LogP contribution in [-0.2, 0) is 0 Å². The summed E-state index contributed by atoms with van der Waals surface area (Å²) >= 11 is 0. The lowest BCUT2D eigenvalue weighted by molar-refractivity contribution is 0.117. The highest BCUT2D eigenvalue weighted by Crippen LogP contribution is 2.14. The second-order valence-electron chi connectivity index (χ2n) is 6.33. The fraction of sp³-hybridized carbons (Fsp3) is 0.647. The van der Waals surface area contributed by atoms with Crippen molar-refractivity contribution >= 4 is 0 Å². The summed E-state index contributed by atoms with van der Waals surface area (Å²) in [6.07, 6.45) is 0.547. The number of hydrogen-bond donors (Lipinski definition) is 1. The SMILES string of the molecule is CN1CCN(CCCN(C)CC(O)c2ccc(F)cc2)CC1. The number of aliphatic hydroxyl groups is 1. The maximum Gasteiger partial charge on any atom is 0.123 e. The molecule has 1 aromatic rings. The monoisotopic (exact) mass is 309 g/mol. The number of rotatable bonds is 7. The molecule has 1 fully saturated rings. The van der Waals surface area contributed by atoms with Gasteiger partial charge in [0.15, 0.2) is 0 Å². The number of nitrogens with zero attached hydrogens (tertiary/aromatic N) is 3. The third kappa shape index (κ3) is 5.65. The Kier molecular flexibility index (Phi) is 6.76. The summed E-state index contributed by atoms with van der Waals surface area (Å²) in [5.41, 5.74) is 0.771. The first kappa shape index (κ1) is 17.3. The molecule has 0 aromatic heterocycles. The van der Waals surface area contributed by atoms with Crippen LogP contribution in [0.4, 0.5) is 4.39 Å². The molecular formula is C17H28FN3O. The predicted molar refractivity (Wildman–Crippen MR) is 87.4 cm³/mol. The van der Waals surface area contributed by atoms with Crippen molar-refractivity contribution in [1.82, 2.24) is 14.7 Å². The van der Waals surface area contributed by atoms with Gasteiger partial charge in [0.05, 0.1) is 6.10 Å². The fourth-order valence-electron chi connectivity index (χ4n) is 2.81. The molecule has 1 unspecified atom stereocenters. The highest BCUT2D eigenvalue weighted by molar-refractivity contribution is 5.18. The van der Waals surface area contributed by atoms with Gasteiger partial charge in [-0.25, -0.2) is 4.39 Å². The van der Waals surface area contributed by atoms with Crippen LogP contribution in [0.1, 0.15) is 18.1 Å². The number of likely N-dealkylation sites (N-methyl/N-ethyl adjacent to an activating group) is 2. The average molecular weight is 309 g/mol. The Morgan fingerprint density at radius 3 is 2.45 bits per heavy atom. The Morgan fingerprint density at radius 2 is 1.82 bits per heavy atom. The van der Waals surface area contributed by atoms with E-state index < -0.39 is 6.10 Å². The van der Waals surface area contributed by atoms with Gasteiger partial charge in [0.25, 0.3) is 0 Å². The summed E-state index contributed by atoms with van der Waals surface area (Å²) in [4.78, 5) is 7.01. The number of benzene rings is 1. The summed E-state index contributed by atoms with van der Waals surface area (Å²) in [5, 5.41) is 10.2. The van der Waals surface area contributed by atoms with E-state index in [0.29, 0.717) is 6.54 Å². The molecule has 5 heteroatoms. The first-order valence-corrected chi connectivity index (χ1v) is 8.07. The topological polar surface area (TPSA) is 30.0 Å². The van der Waals surface area contributed by atoms with Crippen molar-refractivity contribution in [3.8, 4) is 0 Å². The van der Waals surface area contributed by atoms with Crippen molar-refractivity contribution < 1.29 is 9.50 Å². The largest absolute Gasteiger partial charge is 0.387 e. The molecule has 1 heterocycles. The summed E-state index contributed by atoms with van der Waals surface area (Å²) in [7, 11) is 4.19. The van der Waals surface area contributed by atoms with Crippen LogP contribution >= 0.6 is 0 Å². The predicted octanol–water partition coefficient (Wildman–Crippen LogP) is 1.43. The van der Waals surface area contributed by atoms with Crippen molar-refractivity contribution in [3.05, 3.63) is 35.6 Å². The summed E-state index contributed by atoms with van der Waals surface area (Å²) in [6, 6.07) is 6.09. The van der Waals surface area contributed by atoms with E-state index in [-0.39, 0.29) is 5.82 Å². The second-order valence-corrected chi connectivity index (χ2v) is 6.33. The van der Waals surface area contributed by atoms with Crippen LogP contribution < -0.4 is 0 Å². The molecule has 0 bridgehead atoms. The maximum absolute atomic E-state index is 12.9. The van der Waals surface area contributed by atoms with E-state index in [2.05, 4.69) is 21.7 Å². The lowest BCUT2D eigenvalue weighted by Gasteiger charge is -2.32. The lowest BCUT2D eigenvalue weighted by atomic mass is 10.1. The van der Waals surface area contributed by atoms with E-state index in [1.165, 1.54) is 12.1 Å². The van der Waals surface area contributed by atoms with Crippen LogP contribution in [0.2, 0.25) is 0 Å². The van der Waals surface area contributed by atoms with Crippen LogP contribution in [0, 0.1) is 5.82 Å². The van der Waals surface area contributed by atoms with Gasteiger partial charge in [-0.1, -0.05) is 12.1 Å². The molecule has 0 amide bonds. The minimum absolute atomic E-state index is 0.267. The van der Waals surface area contributed by atoms with Crippen LogP contribution in [0.25, 0.3) is 0 Å². The summed E-state index contributed by atoms with van der Waals surface area (Å²) in [6.45, 7) is 7.26. The first-order valence-electron chi connectivity index (χ1n) is 8.07. The van der Waals surface area contributed by atoms with Gasteiger partial charge in [0, 0.05) is 32.7 Å². The van der Waals surface area contributed by atoms with Gasteiger partial charge in [-0.15, -0.1) is 0 Å². The van der Waals surface area contributed by atoms with Crippen LogP contribution in [-0.4, -0.2) is 79.7 Å². The number of piperazine rings is 1. The van der Waals surface area contributed by atoms with E-state index in [9.17, 15) is 9.50 Å². The molecule has 0 spiro atoms. The van der Waals surface area contributed by atoms with Crippen molar-refractivity contribution in [2.24, 2.45) is 0 Å². The van der Waals surface area contributed by atoms with E-state index in [1.54, 1.807) is 12.1 Å². The lowest BCUT2D eigenvalue weighted by Crippen LogP contribution is -2.45.